The SMILES string of the molecule is COc1cc(Br)c2c3c1O[C@H]1C[C@@H](O)C=CC31CC[N+](C)(CCN1CCCCC1)C2. The maximum Gasteiger partial charge on any atom is 0.166 e. The minimum Gasteiger partial charge on any atom is -0.493 e. The maximum atomic E-state index is 10.3. The number of hydrogen-bond acceptors (Lipinski definition) is 4. The number of methoxy groups -OCH3 is 1. The molecule has 1 N–H and O–H groups in total. The van der Waals surface area contributed by atoms with Gasteiger partial charge < -0.3 is 19.1 Å². The molecule has 5 nitrogen and oxygen atoms in total. The van der Waals surface area contributed by atoms with Crippen molar-refractivity contribution < 1.29 is 19.1 Å². The van der Waals surface area contributed by atoms with Gasteiger partial charge in [0.05, 0.1) is 38.8 Å². The van der Waals surface area contributed by atoms with Gasteiger partial charge in [-0.3, -0.25) is 4.90 Å². The summed E-state index contributed by atoms with van der Waals surface area (Å²) in [5, 5.41) is 10.3. The molecule has 1 fully saturated rings. The quantitative estimate of drug-likeness (QED) is 0.531. The molecule has 0 radical (unpaired) electrons. The van der Waals surface area contributed by atoms with Crippen LogP contribution < -0.4 is 9.47 Å². The molecule has 1 aliphatic carbocycles. The molecule has 1 aromatic rings. The molecule has 1 spiro atoms. The lowest BCUT2D eigenvalue weighted by atomic mass is 9.69. The Morgan fingerprint density at radius 3 is 2.90 bits per heavy atom. The van der Waals surface area contributed by atoms with Crippen LogP contribution in [0.1, 0.15) is 43.2 Å². The second kappa shape index (κ2) is 7.80. The molecule has 2 unspecified atom stereocenters. The smallest absolute Gasteiger partial charge is 0.166 e. The van der Waals surface area contributed by atoms with Crippen LogP contribution in [0.15, 0.2) is 22.7 Å². The number of ether oxygens (including phenoxy) is 2. The van der Waals surface area contributed by atoms with Crippen molar-refractivity contribution >= 4 is 15.9 Å². The summed E-state index contributed by atoms with van der Waals surface area (Å²) in [7, 11) is 4.13. The van der Waals surface area contributed by atoms with Crippen molar-refractivity contribution in [1.29, 1.82) is 0 Å². The number of quaternary nitrogens is 1. The topological polar surface area (TPSA) is 41.9 Å². The molecule has 3 heterocycles. The van der Waals surface area contributed by atoms with Crippen molar-refractivity contribution in [2.75, 3.05) is 46.9 Å². The van der Waals surface area contributed by atoms with Crippen molar-refractivity contribution in [3.05, 3.63) is 33.8 Å². The third-order valence-corrected chi connectivity index (χ3v) is 8.61. The largest absolute Gasteiger partial charge is 0.493 e. The van der Waals surface area contributed by atoms with Crippen molar-refractivity contribution in [3.8, 4) is 11.5 Å². The molecular weight excluding hydrogens is 444 g/mol. The fourth-order valence-electron chi connectivity index (χ4n) is 6.04. The monoisotopic (exact) mass is 477 g/mol. The number of rotatable bonds is 4. The summed E-state index contributed by atoms with van der Waals surface area (Å²) in [5.74, 6) is 1.69. The van der Waals surface area contributed by atoms with E-state index >= 15 is 0 Å². The number of hydrogen-bond donors (Lipinski definition) is 1. The van der Waals surface area contributed by atoms with E-state index in [9.17, 15) is 5.11 Å². The highest BCUT2D eigenvalue weighted by Crippen LogP contribution is 2.57. The Morgan fingerprint density at radius 1 is 1.33 bits per heavy atom. The first kappa shape index (κ1) is 20.8. The van der Waals surface area contributed by atoms with Crippen molar-refractivity contribution in [2.24, 2.45) is 0 Å². The third kappa shape index (κ3) is 3.40. The average Bonchev–Trinajstić information content (AvgIpc) is 3.01. The zero-order valence-electron chi connectivity index (χ0n) is 18.2. The molecule has 0 saturated carbocycles. The van der Waals surface area contributed by atoms with Crippen LogP contribution in [0.4, 0.5) is 0 Å². The summed E-state index contributed by atoms with van der Waals surface area (Å²) in [6, 6.07) is 2.07. The Bertz CT molecular complexity index is 853. The van der Waals surface area contributed by atoms with Gasteiger partial charge in [-0.05, 0) is 32.0 Å². The molecule has 6 heteroatoms. The predicted molar refractivity (Wildman–Crippen MR) is 121 cm³/mol. The van der Waals surface area contributed by atoms with E-state index in [4.69, 9.17) is 9.47 Å². The Labute approximate surface area is 188 Å². The van der Waals surface area contributed by atoms with E-state index in [-0.39, 0.29) is 11.5 Å². The summed E-state index contributed by atoms with van der Waals surface area (Å²) in [4.78, 5) is 2.65. The van der Waals surface area contributed by atoms with Crippen molar-refractivity contribution in [2.45, 2.75) is 56.3 Å². The van der Waals surface area contributed by atoms with Crippen LogP contribution >= 0.6 is 15.9 Å². The first-order chi connectivity index (χ1) is 14.4. The number of aliphatic hydroxyl groups excluding tert-OH is 1. The van der Waals surface area contributed by atoms with Gasteiger partial charge in [-0.25, -0.2) is 0 Å². The highest BCUT2D eigenvalue weighted by atomic mass is 79.9. The summed E-state index contributed by atoms with van der Waals surface area (Å²) in [5.41, 5.74) is 2.48. The Hall–Kier alpha value is -1.08. The van der Waals surface area contributed by atoms with Crippen LogP contribution in [-0.2, 0) is 12.0 Å². The van der Waals surface area contributed by atoms with Gasteiger partial charge in [0.15, 0.2) is 11.5 Å². The maximum absolute atomic E-state index is 10.3. The molecule has 3 aliphatic heterocycles. The predicted octanol–water partition coefficient (Wildman–Crippen LogP) is 3.61. The normalized spacial score (nSPS) is 35.3. The van der Waals surface area contributed by atoms with Crippen LogP contribution in [0.2, 0.25) is 0 Å². The Morgan fingerprint density at radius 2 is 2.13 bits per heavy atom. The molecule has 4 aliphatic rings. The molecule has 0 aromatic heterocycles. The number of piperidine rings is 1. The van der Waals surface area contributed by atoms with Crippen LogP contribution in [-0.4, -0.2) is 73.6 Å². The summed E-state index contributed by atoms with van der Waals surface area (Å²) < 4.78 is 14.3. The second-order valence-electron chi connectivity index (χ2n) is 9.93. The van der Waals surface area contributed by atoms with Crippen LogP contribution in [0, 0.1) is 0 Å². The first-order valence-electron chi connectivity index (χ1n) is 11.4. The van der Waals surface area contributed by atoms with Gasteiger partial charge in [0.2, 0.25) is 0 Å². The van der Waals surface area contributed by atoms with E-state index in [0.29, 0.717) is 6.42 Å². The molecule has 1 saturated heterocycles. The molecule has 0 bridgehead atoms. The van der Waals surface area contributed by atoms with E-state index in [1.165, 1.54) is 56.6 Å². The van der Waals surface area contributed by atoms with E-state index in [1.807, 2.05) is 6.08 Å². The Kier molecular flexibility index (Phi) is 5.41. The minimum absolute atomic E-state index is 0.0249. The molecule has 164 valence electrons. The highest BCUT2D eigenvalue weighted by Gasteiger charge is 2.55. The van der Waals surface area contributed by atoms with Crippen LogP contribution in [0.5, 0.6) is 11.5 Å². The first-order valence-corrected chi connectivity index (χ1v) is 12.2. The number of likely N-dealkylation sites (tertiary alicyclic amines) is 1. The Balaban J connectivity index is 1.52. The van der Waals surface area contributed by atoms with Crippen molar-refractivity contribution in [3.63, 3.8) is 0 Å². The number of nitrogens with zero attached hydrogens (tertiary/aromatic N) is 2. The molecule has 5 rings (SSSR count). The molecule has 0 amide bonds. The highest BCUT2D eigenvalue weighted by molar-refractivity contribution is 9.10. The molecule has 1 aromatic carbocycles. The van der Waals surface area contributed by atoms with E-state index in [1.54, 1.807) is 7.11 Å². The number of aliphatic hydroxyl groups is 1. The lowest BCUT2D eigenvalue weighted by molar-refractivity contribution is -0.922. The van der Waals surface area contributed by atoms with Crippen LogP contribution in [0.25, 0.3) is 0 Å². The van der Waals surface area contributed by atoms with Gasteiger partial charge in [0.1, 0.15) is 12.6 Å². The zero-order valence-corrected chi connectivity index (χ0v) is 19.8. The van der Waals surface area contributed by atoms with Gasteiger partial charge in [-0.1, -0.05) is 34.5 Å². The van der Waals surface area contributed by atoms with Gasteiger partial charge in [-0.15, -0.1) is 0 Å². The number of halogens is 1. The second-order valence-corrected chi connectivity index (χ2v) is 10.8. The standard InChI is InChI=1S/C24H34BrN2O3/c1-27(13-11-26-9-4-3-5-10-26)12-8-24-7-6-17(28)14-21(24)30-23-20(29-2)15-19(25)18(16-27)22(23)24/h6-7,15,17,21,28H,3-5,8-14,16H2,1-2H3/q+1/t17-,21-,24?,27?/m0/s1. The summed E-state index contributed by atoms with van der Waals surface area (Å²) in [6.45, 7) is 6.95. The van der Waals surface area contributed by atoms with Gasteiger partial charge in [0.25, 0.3) is 0 Å². The molecule has 4 atom stereocenters. The fourth-order valence-corrected chi connectivity index (χ4v) is 6.57. The lowest BCUT2D eigenvalue weighted by Gasteiger charge is -2.39. The minimum atomic E-state index is -0.434. The molecule has 30 heavy (non-hydrogen) atoms. The van der Waals surface area contributed by atoms with Crippen LogP contribution in [0.3, 0.4) is 0 Å². The third-order valence-electron chi connectivity index (χ3n) is 7.90. The van der Waals surface area contributed by atoms with Gasteiger partial charge in [0, 0.05) is 35.0 Å². The number of benzene rings is 1. The summed E-state index contributed by atoms with van der Waals surface area (Å²) in [6.07, 6.45) is 9.52. The zero-order chi connectivity index (χ0) is 20.9. The number of likely N-dealkylation sites (N-methyl/N-ethyl adjacent to an activating group) is 1. The van der Waals surface area contributed by atoms with E-state index in [2.05, 4.69) is 40.0 Å². The fraction of sp³-hybridized carbons (Fsp3) is 0.667. The van der Waals surface area contributed by atoms with Gasteiger partial charge in [-0.2, -0.15) is 0 Å². The summed E-state index contributed by atoms with van der Waals surface area (Å²) >= 11 is 3.87. The van der Waals surface area contributed by atoms with E-state index < -0.39 is 6.10 Å². The van der Waals surface area contributed by atoms with Gasteiger partial charge >= 0.3 is 0 Å². The van der Waals surface area contributed by atoms with Crippen molar-refractivity contribution in [1.82, 2.24) is 4.90 Å². The van der Waals surface area contributed by atoms with E-state index in [0.717, 1.165) is 40.0 Å². The average molecular weight is 478 g/mol. The lowest BCUT2D eigenvalue weighted by Crippen LogP contribution is -2.50. The molecular formula is C24H34BrN2O3+.